The second-order valence-corrected chi connectivity index (χ2v) is 22.9. The van der Waals surface area contributed by atoms with Crippen LogP contribution in [0.2, 0.25) is 0 Å². The van der Waals surface area contributed by atoms with Crippen LogP contribution < -0.4 is 0 Å². The summed E-state index contributed by atoms with van der Waals surface area (Å²) in [5, 5.41) is 10.4. The van der Waals surface area contributed by atoms with Crippen molar-refractivity contribution in [3.05, 3.63) is 291 Å². The molecular weight excluding hydrogens is 919 g/mol. The van der Waals surface area contributed by atoms with E-state index in [9.17, 15) is 0 Å². The zero-order valence-corrected chi connectivity index (χ0v) is 41.9. The largest absolute Gasteiger partial charge is 0.305 e. The lowest BCUT2D eigenvalue weighted by atomic mass is 9.62. The lowest BCUT2D eigenvalue weighted by Gasteiger charge is -2.42. The Morgan fingerprint density at radius 3 is 1.37 bits per heavy atom. The molecule has 0 amide bonds. The highest BCUT2D eigenvalue weighted by molar-refractivity contribution is 6.39. The van der Waals surface area contributed by atoms with Crippen LogP contribution in [0.15, 0.2) is 213 Å². The molecule has 7 aliphatic carbocycles. The summed E-state index contributed by atoms with van der Waals surface area (Å²) in [4.78, 5) is 11.4. The highest BCUT2D eigenvalue weighted by Gasteiger charge is 2.47. The summed E-state index contributed by atoms with van der Waals surface area (Å²) in [7, 11) is 0. The number of hydrogen-bond donors (Lipinski definition) is 0. The number of benzene rings is 10. The van der Waals surface area contributed by atoms with Crippen LogP contribution in [0.5, 0.6) is 0 Å². The predicted molar refractivity (Wildman–Crippen MR) is 310 cm³/mol. The van der Waals surface area contributed by atoms with Gasteiger partial charge < -0.3 is 4.40 Å². The van der Waals surface area contributed by atoms with Crippen LogP contribution >= 0.6 is 0 Å². The molecule has 0 fully saturated rings. The predicted octanol–water partition coefficient (Wildman–Crippen LogP) is 17.5. The zero-order chi connectivity index (χ0) is 49.4. The Hall–Kier alpha value is -9.18. The third-order valence-corrected chi connectivity index (χ3v) is 19.3. The molecule has 76 heavy (non-hydrogen) atoms. The van der Waals surface area contributed by atoms with Crippen molar-refractivity contribution in [3.8, 4) is 33.4 Å². The van der Waals surface area contributed by atoms with Crippen LogP contribution in [0.25, 0.3) is 93.0 Å². The molecule has 10 aromatic carbocycles. The van der Waals surface area contributed by atoms with E-state index in [1.807, 2.05) is 0 Å². The average Bonchev–Trinajstić information content (AvgIpc) is 3.71. The summed E-state index contributed by atoms with van der Waals surface area (Å²) < 4.78 is 2.61. The van der Waals surface area contributed by atoms with Gasteiger partial charge in [0.1, 0.15) is 0 Å². The van der Waals surface area contributed by atoms with Crippen LogP contribution in [-0.4, -0.2) is 14.4 Å². The maximum absolute atomic E-state index is 5.72. The van der Waals surface area contributed by atoms with Crippen molar-refractivity contribution in [2.45, 2.75) is 42.9 Å². The van der Waals surface area contributed by atoms with Gasteiger partial charge in [-0.2, -0.15) is 0 Å². The van der Waals surface area contributed by atoms with Gasteiger partial charge in [0.15, 0.2) is 0 Å². The molecule has 14 aromatic rings. The van der Waals surface area contributed by atoms with E-state index in [2.05, 4.69) is 231 Å². The molecule has 7 aliphatic rings. The zero-order valence-electron chi connectivity index (χ0n) is 41.9. The molecule has 0 saturated carbocycles. The van der Waals surface area contributed by atoms with E-state index in [1.54, 1.807) is 0 Å². The van der Waals surface area contributed by atoms with E-state index in [1.165, 1.54) is 160 Å². The summed E-state index contributed by atoms with van der Waals surface area (Å²) in [6.45, 7) is 4.86. The van der Waals surface area contributed by atoms with Crippen molar-refractivity contribution in [2.24, 2.45) is 0 Å². The molecule has 21 rings (SSSR count). The fourth-order valence-corrected chi connectivity index (χ4v) is 16.4. The summed E-state index contributed by atoms with van der Waals surface area (Å²) in [5.74, 6) is 0.151. The van der Waals surface area contributed by atoms with Gasteiger partial charge in [-0.25, -0.2) is 0 Å². The molecule has 352 valence electrons. The van der Waals surface area contributed by atoms with E-state index >= 15 is 0 Å². The van der Waals surface area contributed by atoms with E-state index < -0.39 is 0 Å². The first-order valence-electron chi connectivity index (χ1n) is 27.1. The van der Waals surface area contributed by atoms with Gasteiger partial charge in [0.25, 0.3) is 0 Å². The Labute approximate surface area is 438 Å². The van der Waals surface area contributed by atoms with E-state index in [0.29, 0.717) is 0 Å². The number of pyridine rings is 2. The van der Waals surface area contributed by atoms with Crippen LogP contribution in [0.4, 0.5) is 0 Å². The van der Waals surface area contributed by atoms with Gasteiger partial charge in [-0.05, 0) is 134 Å². The summed E-state index contributed by atoms with van der Waals surface area (Å²) in [6.07, 6.45) is 4.48. The standard InChI is InChI=1S/C73H45N3/c1-73(2)54-32-18-17-23-40(54)50-33-51-49(35-55(50)73)52-34-53-64-56(36-74-70-62-45-28-13-9-24-41(45)60(67(64)70)42-25-10-14-29-46(42)62)76-57-37-75-71-63-47-30-15-11-26-43(47)61(44-27-12-16-31-48(44)63)68(71)66(57)69(72(53)76)65(52)59(39-21-7-4-8-22-39)58(51)38-19-5-3-6-20-38/h3-37,60-63H,1-2H3. The van der Waals surface area contributed by atoms with Gasteiger partial charge in [-0.15, -0.1) is 0 Å². The molecule has 0 spiro atoms. The number of rotatable bonds is 2. The van der Waals surface area contributed by atoms with Crippen molar-refractivity contribution in [2.75, 3.05) is 0 Å². The Morgan fingerprint density at radius 1 is 0.355 bits per heavy atom. The SMILES string of the molecule is CC1(C)c2ccccc2-c2cc3c(-c4ccccc4)c(-c4ccccc4)c4c(cc5c6c7c(ncc6n6c8cnc9c(c8c4c56)C4c5ccccc5C9c5ccccc54)C4c5ccccc5C7c5ccccc54)c3cc21. The van der Waals surface area contributed by atoms with Gasteiger partial charge in [0.2, 0.25) is 0 Å². The minimum Gasteiger partial charge on any atom is -0.305 e. The molecule has 4 bridgehead atoms. The number of fused-ring (bicyclic) bond motifs is 13. The molecule has 4 heterocycles. The maximum Gasteiger partial charge on any atom is 0.0729 e. The third kappa shape index (κ3) is 4.59. The molecule has 3 heteroatoms. The van der Waals surface area contributed by atoms with Gasteiger partial charge in [-0.1, -0.05) is 196 Å². The number of aromatic nitrogens is 3. The Kier molecular flexibility index (Phi) is 7.28. The molecular formula is C73H45N3. The van der Waals surface area contributed by atoms with Crippen molar-refractivity contribution in [1.82, 2.24) is 14.4 Å². The van der Waals surface area contributed by atoms with E-state index in [-0.39, 0.29) is 29.1 Å². The molecule has 0 saturated heterocycles. The third-order valence-electron chi connectivity index (χ3n) is 19.3. The molecule has 0 unspecified atom stereocenters. The van der Waals surface area contributed by atoms with Crippen LogP contribution in [0.1, 0.15) is 116 Å². The lowest BCUT2D eigenvalue weighted by Crippen LogP contribution is -2.28. The van der Waals surface area contributed by atoms with Gasteiger partial charge >= 0.3 is 0 Å². The van der Waals surface area contributed by atoms with Gasteiger partial charge in [0, 0.05) is 44.2 Å². The minimum absolute atomic E-state index is 0.0162. The van der Waals surface area contributed by atoms with Crippen molar-refractivity contribution in [1.29, 1.82) is 0 Å². The van der Waals surface area contributed by atoms with Crippen LogP contribution in [-0.2, 0) is 5.41 Å². The average molecular weight is 964 g/mol. The highest BCUT2D eigenvalue weighted by Crippen LogP contribution is 2.63. The van der Waals surface area contributed by atoms with E-state index in [0.717, 1.165) is 11.0 Å². The molecule has 0 N–H and O–H groups in total. The fourth-order valence-electron chi connectivity index (χ4n) is 16.4. The smallest absolute Gasteiger partial charge is 0.0729 e. The Morgan fingerprint density at radius 2 is 0.816 bits per heavy atom. The van der Waals surface area contributed by atoms with Gasteiger partial charge in [0.05, 0.1) is 52.2 Å². The highest BCUT2D eigenvalue weighted by atomic mass is 15.0. The Bertz CT molecular complexity index is 4890. The van der Waals surface area contributed by atoms with Crippen molar-refractivity contribution >= 4 is 59.6 Å². The van der Waals surface area contributed by atoms with Gasteiger partial charge in [-0.3, -0.25) is 9.97 Å². The molecule has 0 atom stereocenters. The second kappa shape index (κ2) is 13.7. The summed E-state index contributed by atoms with van der Waals surface area (Å²) in [5.41, 5.74) is 30.0. The molecule has 3 nitrogen and oxygen atoms in total. The second-order valence-electron chi connectivity index (χ2n) is 22.9. The first-order valence-corrected chi connectivity index (χ1v) is 27.1. The Balaban J connectivity index is 1.08. The first-order chi connectivity index (χ1) is 37.5. The number of nitrogens with zero attached hydrogens (tertiary/aromatic N) is 3. The fraction of sp³-hybridized carbons (Fsp3) is 0.0959. The summed E-state index contributed by atoms with van der Waals surface area (Å²) >= 11 is 0. The first kappa shape index (κ1) is 40.2. The van der Waals surface area contributed by atoms with Crippen molar-refractivity contribution in [3.63, 3.8) is 0 Å². The van der Waals surface area contributed by atoms with Crippen LogP contribution in [0, 0.1) is 0 Å². The molecule has 4 aromatic heterocycles. The molecule has 0 radical (unpaired) electrons. The van der Waals surface area contributed by atoms with Crippen molar-refractivity contribution < 1.29 is 0 Å². The number of hydrogen-bond acceptors (Lipinski definition) is 2. The molecule has 0 aliphatic heterocycles. The minimum atomic E-state index is -0.198. The quantitative estimate of drug-likeness (QED) is 0.162. The van der Waals surface area contributed by atoms with Crippen LogP contribution in [0.3, 0.4) is 0 Å². The van der Waals surface area contributed by atoms with E-state index in [4.69, 9.17) is 9.97 Å². The lowest BCUT2D eigenvalue weighted by molar-refractivity contribution is 0.661. The summed E-state index contributed by atoms with van der Waals surface area (Å²) in [6, 6.07) is 76.4. The normalized spacial score (nSPS) is 18.5. The monoisotopic (exact) mass is 963 g/mol. The maximum atomic E-state index is 5.72. The topological polar surface area (TPSA) is 30.2 Å².